The second kappa shape index (κ2) is 5.63. The van der Waals surface area contributed by atoms with E-state index < -0.39 is 0 Å². The van der Waals surface area contributed by atoms with Gasteiger partial charge in [-0.05, 0) is 13.3 Å². The van der Waals surface area contributed by atoms with Crippen LogP contribution in [0, 0.1) is 6.92 Å². The maximum absolute atomic E-state index is 6.09. The number of hydrogen-bond acceptors (Lipinski definition) is 5. The van der Waals surface area contributed by atoms with Crippen LogP contribution in [0.4, 0.5) is 5.82 Å². The zero-order valence-corrected chi connectivity index (χ0v) is 12.2. The first-order chi connectivity index (χ1) is 8.61. The summed E-state index contributed by atoms with van der Waals surface area (Å²) in [6.45, 7) is 4.78. The van der Waals surface area contributed by atoms with E-state index in [1.807, 2.05) is 14.0 Å². The molecule has 2 aromatic rings. The number of aromatic nitrogens is 3. The van der Waals surface area contributed by atoms with Gasteiger partial charge in [0.05, 0.1) is 17.2 Å². The summed E-state index contributed by atoms with van der Waals surface area (Å²) in [5.41, 5.74) is 2.03. The lowest BCUT2D eigenvalue weighted by molar-refractivity contribution is 0.849. The van der Waals surface area contributed by atoms with E-state index in [1.54, 1.807) is 11.3 Å². The highest BCUT2D eigenvalue weighted by Gasteiger charge is 2.13. The molecule has 0 unspecified atom stereocenters. The van der Waals surface area contributed by atoms with Gasteiger partial charge in [0.2, 0.25) is 0 Å². The molecular weight excluding hydrogens is 268 g/mol. The quantitative estimate of drug-likeness (QED) is 0.808. The minimum atomic E-state index is 0.531. The van der Waals surface area contributed by atoms with Gasteiger partial charge in [0.15, 0.2) is 0 Å². The molecule has 0 aliphatic rings. The van der Waals surface area contributed by atoms with Crippen LogP contribution in [-0.2, 0) is 13.0 Å². The Morgan fingerprint density at radius 3 is 2.78 bits per heavy atom. The molecule has 0 N–H and O–H groups in total. The summed E-state index contributed by atoms with van der Waals surface area (Å²) in [4.78, 5) is 14.8. The molecule has 2 aromatic heterocycles. The van der Waals surface area contributed by atoms with Gasteiger partial charge in [-0.2, -0.15) is 0 Å². The van der Waals surface area contributed by atoms with Gasteiger partial charge in [0, 0.05) is 18.0 Å². The summed E-state index contributed by atoms with van der Waals surface area (Å²) in [5.74, 6) is 0.878. The third-order valence-corrected chi connectivity index (χ3v) is 3.80. The summed E-state index contributed by atoms with van der Waals surface area (Å²) < 4.78 is 0. The third-order valence-electron chi connectivity index (χ3n) is 2.65. The van der Waals surface area contributed by atoms with Crippen LogP contribution in [0.25, 0.3) is 0 Å². The Bertz CT molecular complexity index is 541. The largest absolute Gasteiger partial charge is 0.353 e. The van der Waals surface area contributed by atoms with Gasteiger partial charge in [-0.1, -0.05) is 18.5 Å². The highest BCUT2D eigenvalue weighted by molar-refractivity contribution is 7.09. The number of hydrogen-bond donors (Lipinski definition) is 0. The van der Waals surface area contributed by atoms with Crippen LogP contribution in [0.15, 0.2) is 11.7 Å². The molecule has 0 radical (unpaired) electrons. The van der Waals surface area contributed by atoms with Crippen LogP contribution >= 0.6 is 22.9 Å². The fraction of sp³-hybridized carbons (Fsp3) is 0.417. The Morgan fingerprint density at radius 2 is 2.17 bits per heavy atom. The van der Waals surface area contributed by atoms with Gasteiger partial charge < -0.3 is 4.90 Å². The maximum atomic E-state index is 6.09. The standard InChI is InChI=1S/C12H15ClN4S/c1-4-10-11(13)14-7-15-12(10)17(3)5-9-6-18-8(2)16-9/h6-7H,4-5H2,1-3H3. The molecule has 0 atom stereocenters. The third kappa shape index (κ3) is 2.79. The Balaban J connectivity index is 2.23. The van der Waals surface area contributed by atoms with Gasteiger partial charge in [-0.3, -0.25) is 0 Å². The van der Waals surface area contributed by atoms with Crippen LogP contribution in [-0.4, -0.2) is 22.0 Å². The molecule has 2 rings (SSSR count). The van der Waals surface area contributed by atoms with E-state index >= 15 is 0 Å². The van der Waals surface area contributed by atoms with Gasteiger partial charge in [0.1, 0.15) is 17.3 Å². The second-order valence-electron chi connectivity index (χ2n) is 4.03. The normalized spacial score (nSPS) is 10.7. The molecule has 0 saturated carbocycles. The minimum absolute atomic E-state index is 0.531. The molecule has 96 valence electrons. The smallest absolute Gasteiger partial charge is 0.137 e. The van der Waals surface area contributed by atoms with E-state index in [0.29, 0.717) is 5.15 Å². The molecule has 0 aliphatic heterocycles. The first-order valence-electron chi connectivity index (χ1n) is 5.73. The highest BCUT2D eigenvalue weighted by Crippen LogP contribution is 2.24. The molecule has 4 nitrogen and oxygen atoms in total. The van der Waals surface area contributed by atoms with Crippen LogP contribution in [0.5, 0.6) is 0 Å². The van der Waals surface area contributed by atoms with Crippen molar-refractivity contribution >= 4 is 28.8 Å². The highest BCUT2D eigenvalue weighted by atomic mass is 35.5. The summed E-state index contributed by atoms with van der Waals surface area (Å²) in [7, 11) is 1.99. The van der Waals surface area contributed by atoms with E-state index in [2.05, 4.69) is 32.2 Å². The summed E-state index contributed by atoms with van der Waals surface area (Å²) in [5, 5.41) is 3.68. The van der Waals surface area contributed by atoms with Crippen molar-refractivity contribution in [2.75, 3.05) is 11.9 Å². The molecule has 0 aliphatic carbocycles. The van der Waals surface area contributed by atoms with Gasteiger partial charge in [-0.15, -0.1) is 11.3 Å². The van der Waals surface area contributed by atoms with E-state index in [0.717, 1.165) is 35.0 Å². The molecule has 0 bridgehead atoms. The molecule has 0 aromatic carbocycles. The first-order valence-corrected chi connectivity index (χ1v) is 6.99. The maximum Gasteiger partial charge on any atom is 0.137 e. The average Bonchev–Trinajstić information content (AvgIpc) is 2.74. The van der Waals surface area contributed by atoms with Crippen LogP contribution in [0.2, 0.25) is 5.15 Å². The SMILES string of the molecule is CCc1c(Cl)ncnc1N(C)Cc1csc(C)n1. The van der Waals surface area contributed by atoms with Crippen molar-refractivity contribution < 1.29 is 0 Å². The molecule has 0 spiro atoms. The first kappa shape index (κ1) is 13.2. The predicted molar refractivity (Wildman–Crippen MR) is 75.4 cm³/mol. The molecule has 2 heterocycles. The molecule has 18 heavy (non-hydrogen) atoms. The minimum Gasteiger partial charge on any atom is -0.353 e. The number of thiazole rings is 1. The van der Waals surface area contributed by atoms with E-state index in [-0.39, 0.29) is 0 Å². The van der Waals surface area contributed by atoms with Gasteiger partial charge >= 0.3 is 0 Å². The fourth-order valence-corrected chi connectivity index (χ4v) is 2.68. The Hall–Kier alpha value is -1.20. The van der Waals surface area contributed by atoms with Crippen LogP contribution in [0.1, 0.15) is 23.2 Å². The number of aryl methyl sites for hydroxylation is 1. The van der Waals surface area contributed by atoms with Gasteiger partial charge in [0.25, 0.3) is 0 Å². The average molecular weight is 283 g/mol. The number of nitrogens with zero attached hydrogens (tertiary/aromatic N) is 4. The Labute approximate surface area is 116 Å². The van der Waals surface area contributed by atoms with E-state index in [4.69, 9.17) is 11.6 Å². The predicted octanol–water partition coefficient (Wildman–Crippen LogP) is 3.09. The topological polar surface area (TPSA) is 41.9 Å². The van der Waals surface area contributed by atoms with Crippen LogP contribution in [0.3, 0.4) is 0 Å². The Morgan fingerprint density at radius 1 is 1.39 bits per heavy atom. The van der Waals surface area contributed by atoms with Crippen molar-refractivity contribution in [3.8, 4) is 0 Å². The van der Waals surface area contributed by atoms with Crippen molar-refractivity contribution in [1.82, 2.24) is 15.0 Å². The summed E-state index contributed by atoms with van der Waals surface area (Å²) >= 11 is 7.75. The number of halogens is 1. The van der Waals surface area contributed by atoms with Crippen LogP contribution < -0.4 is 4.90 Å². The number of rotatable bonds is 4. The zero-order chi connectivity index (χ0) is 13.1. The van der Waals surface area contributed by atoms with E-state index in [9.17, 15) is 0 Å². The summed E-state index contributed by atoms with van der Waals surface area (Å²) in [6, 6.07) is 0. The van der Waals surface area contributed by atoms with Crippen molar-refractivity contribution in [3.63, 3.8) is 0 Å². The lowest BCUT2D eigenvalue weighted by Gasteiger charge is -2.19. The lowest BCUT2D eigenvalue weighted by atomic mass is 10.2. The lowest BCUT2D eigenvalue weighted by Crippen LogP contribution is -2.20. The molecule has 0 fully saturated rings. The molecule has 0 saturated heterocycles. The molecule has 6 heteroatoms. The Kier molecular flexibility index (Phi) is 4.14. The monoisotopic (exact) mass is 282 g/mol. The number of anilines is 1. The van der Waals surface area contributed by atoms with Crippen molar-refractivity contribution in [2.45, 2.75) is 26.8 Å². The molecular formula is C12H15ClN4S. The molecule has 0 amide bonds. The van der Waals surface area contributed by atoms with Gasteiger partial charge in [-0.25, -0.2) is 15.0 Å². The van der Waals surface area contributed by atoms with E-state index in [1.165, 1.54) is 6.33 Å². The summed E-state index contributed by atoms with van der Waals surface area (Å²) in [6.07, 6.45) is 2.31. The van der Waals surface area contributed by atoms with Crippen molar-refractivity contribution in [1.29, 1.82) is 0 Å². The fourth-order valence-electron chi connectivity index (χ4n) is 1.81. The second-order valence-corrected chi connectivity index (χ2v) is 5.45. The zero-order valence-electron chi connectivity index (χ0n) is 10.6. The van der Waals surface area contributed by atoms with Crippen molar-refractivity contribution in [3.05, 3.63) is 33.1 Å². The van der Waals surface area contributed by atoms with Crippen molar-refractivity contribution in [2.24, 2.45) is 0 Å².